The van der Waals surface area contributed by atoms with E-state index in [-0.39, 0.29) is 10.4 Å². The number of imidazole rings is 1. The minimum atomic E-state index is -3.49. The third kappa shape index (κ3) is 2.65. The van der Waals surface area contributed by atoms with Crippen molar-refractivity contribution in [1.82, 2.24) is 14.3 Å². The van der Waals surface area contributed by atoms with Gasteiger partial charge < -0.3 is 10.7 Å². The van der Waals surface area contributed by atoms with Gasteiger partial charge in [-0.05, 0) is 19.8 Å². The van der Waals surface area contributed by atoms with Crippen molar-refractivity contribution in [1.29, 1.82) is 0 Å². The molecule has 1 aliphatic heterocycles. The van der Waals surface area contributed by atoms with Crippen LogP contribution in [0.2, 0.25) is 0 Å². The first-order valence-corrected chi connectivity index (χ1v) is 7.92. The summed E-state index contributed by atoms with van der Waals surface area (Å²) in [6, 6.07) is 0. The Bertz CT molecular complexity index is 586. The first kappa shape index (κ1) is 14.4. The van der Waals surface area contributed by atoms with Gasteiger partial charge in [0.1, 0.15) is 5.82 Å². The van der Waals surface area contributed by atoms with Crippen LogP contribution in [-0.4, -0.2) is 40.8 Å². The molecule has 0 aromatic carbocycles. The van der Waals surface area contributed by atoms with E-state index in [1.54, 1.807) is 6.92 Å². The van der Waals surface area contributed by atoms with E-state index in [1.807, 2.05) is 6.92 Å². The number of rotatable bonds is 3. The molecule has 1 saturated heterocycles. The number of aromatic amines is 1. The third-order valence-electron chi connectivity index (χ3n) is 3.72. The van der Waals surface area contributed by atoms with Crippen LogP contribution in [0.1, 0.15) is 25.6 Å². The fourth-order valence-electron chi connectivity index (χ4n) is 2.13. The van der Waals surface area contributed by atoms with Crippen LogP contribution in [0.15, 0.2) is 11.2 Å². The number of nitrogens with zero attached hydrogens (tertiary/aromatic N) is 2. The van der Waals surface area contributed by atoms with Crippen molar-refractivity contribution in [2.75, 3.05) is 13.1 Å². The summed E-state index contributed by atoms with van der Waals surface area (Å²) in [5.41, 5.74) is 5.47. The van der Waals surface area contributed by atoms with E-state index in [1.165, 1.54) is 10.5 Å². The van der Waals surface area contributed by atoms with Gasteiger partial charge in [-0.25, -0.2) is 13.4 Å². The summed E-state index contributed by atoms with van der Waals surface area (Å²) in [6.07, 6.45) is 2.65. The molecule has 106 valence electrons. The molecule has 8 heteroatoms. The van der Waals surface area contributed by atoms with E-state index >= 15 is 0 Å². The quantitative estimate of drug-likeness (QED) is 0.806. The maximum absolute atomic E-state index is 12.4. The second kappa shape index (κ2) is 4.84. The van der Waals surface area contributed by atoms with Gasteiger partial charge in [-0.3, -0.25) is 0 Å². The minimum Gasteiger partial charge on any atom is -0.393 e. The number of piperidine rings is 1. The Morgan fingerprint density at radius 1 is 1.53 bits per heavy atom. The van der Waals surface area contributed by atoms with Crippen molar-refractivity contribution >= 4 is 27.2 Å². The third-order valence-corrected chi connectivity index (χ3v) is 6.02. The van der Waals surface area contributed by atoms with Crippen molar-refractivity contribution in [2.24, 2.45) is 11.1 Å². The van der Waals surface area contributed by atoms with Gasteiger partial charge in [-0.2, -0.15) is 4.31 Å². The monoisotopic (exact) mass is 302 g/mol. The van der Waals surface area contributed by atoms with Crippen LogP contribution in [0, 0.1) is 12.3 Å². The van der Waals surface area contributed by atoms with E-state index in [0.29, 0.717) is 36.7 Å². The molecule has 2 rings (SSSR count). The Morgan fingerprint density at radius 3 is 2.53 bits per heavy atom. The van der Waals surface area contributed by atoms with Crippen LogP contribution in [0.25, 0.3) is 0 Å². The molecule has 0 unspecified atom stereocenters. The van der Waals surface area contributed by atoms with Crippen LogP contribution in [0.5, 0.6) is 0 Å². The van der Waals surface area contributed by atoms with Crippen molar-refractivity contribution < 1.29 is 8.42 Å². The zero-order chi connectivity index (χ0) is 14.3. The van der Waals surface area contributed by atoms with E-state index in [2.05, 4.69) is 9.97 Å². The fourth-order valence-corrected chi connectivity index (χ4v) is 3.74. The fraction of sp³-hybridized carbons (Fsp3) is 0.636. The van der Waals surface area contributed by atoms with Gasteiger partial charge in [0.15, 0.2) is 5.03 Å². The number of nitrogens with two attached hydrogens (primary N) is 1. The molecule has 0 spiro atoms. The van der Waals surface area contributed by atoms with Crippen molar-refractivity contribution in [3.8, 4) is 0 Å². The van der Waals surface area contributed by atoms with E-state index < -0.39 is 10.0 Å². The molecule has 0 saturated carbocycles. The Labute approximate surface area is 118 Å². The molecule has 19 heavy (non-hydrogen) atoms. The first-order chi connectivity index (χ1) is 8.75. The lowest BCUT2D eigenvalue weighted by Gasteiger charge is -2.37. The molecule has 2 heterocycles. The Morgan fingerprint density at radius 2 is 2.11 bits per heavy atom. The standard InChI is InChI=1S/C11H18N4O2S2/c1-8-13-7-9(14-8)19(16,17)15-5-3-11(2,4-6-15)10(12)18/h7H,3-6H2,1-2H3,(H2,12,18)(H,13,14). The average Bonchev–Trinajstić information content (AvgIpc) is 2.77. The second-order valence-electron chi connectivity index (χ2n) is 5.16. The minimum absolute atomic E-state index is 0.143. The number of nitrogens with one attached hydrogen (secondary N) is 1. The summed E-state index contributed by atoms with van der Waals surface area (Å²) in [4.78, 5) is 7.16. The Kier molecular flexibility index (Phi) is 3.67. The van der Waals surface area contributed by atoms with Crippen LogP contribution < -0.4 is 5.73 Å². The summed E-state index contributed by atoms with van der Waals surface area (Å²) in [7, 11) is -3.49. The number of hydrogen-bond donors (Lipinski definition) is 2. The molecule has 1 aliphatic rings. The molecule has 1 fully saturated rings. The highest BCUT2D eigenvalue weighted by Crippen LogP contribution is 2.33. The molecule has 0 atom stereocenters. The molecule has 6 nitrogen and oxygen atoms in total. The zero-order valence-corrected chi connectivity index (χ0v) is 12.6. The molecule has 0 bridgehead atoms. The summed E-state index contributed by atoms with van der Waals surface area (Å²) in [5, 5.41) is 0.143. The summed E-state index contributed by atoms with van der Waals surface area (Å²) in [5.74, 6) is 0.587. The van der Waals surface area contributed by atoms with Crippen LogP contribution in [-0.2, 0) is 10.0 Å². The summed E-state index contributed by atoms with van der Waals surface area (Å²) < 4.78 is 26.2. The number of hydrogen-bond acceptors (Lipinski definition) is 4. The molecule has 1 aromatic heterocycles. The molecule has 3 N–H and O–H groups in total. The zero-order valence-electron chi connectivity index (χ0n) is 11.0. The topological polar surface area (TPSA) is 92.1 Å². The van der Waals surface area contributed by atoms with Crippen molar-refractivity contribution in [3.63, 3.8) is 0 Å². The molecular formula is C11H18N4O2S2. The van der Waals surface area contributed by atoms with Crippen LogP contribution >= 0.6 is 12.2 Å². The predicted octanol–water partition coefficient (Wildman–Crippen LogP) is 0.795. The predicted molar refractivity (Wildman–Crippen MR) is 76.2 cm³/mol. The lowest BCUT2D eigenvalue weighted by atomic mass is 9.81. The summed E-state index contributed by atoms with van der Waals surface area (Å²) >= 11 is 5.05. The maximum Gasteiger partial charge on any atom is 0.260 e. The molecule has 0 radical (unpaired) electrons. The lowest BCUT2D eigenvalue weighted by Crippen LogP contribution is -2.46. The number of thiocarbonyl (C=S) groups is 1. The van der Waals surface area contributed by atoms with Gasteiger partial charge in [0.25, 0.3) is 10.0 Å². The molecule has 1 aromatic rings. The largest absolute Gasteiger partial charge is 0.393 e. The van der Waals surface area contributed by atoms with Crippen molar-refractivity contribution in [3.05, 3.63) is 12.0 Å². The van der Waals surface area contributed by atoms with Gasteiger partial charge in [0, 0.05) is 18.5 Å². The normalized spacial score (nSPS) is 20.3. The molecule has 0 aliphatic carbocycles. The van der Waals surface area contributed by atoms with Gasteiger partial charge in [0.05, 0.1) is 11.2 Å². The van der Waals surface area contributed by atoms with E-state index in [9.17, 15) is 8.42 Å². The SMILES string of the molecule is Cc1ncc(S(=O)(=O)N2CCC(C)(C(N)=S)CC2)[nH]1. The second-order valence-corrected chi connectivity index (χ2v) is 7.51. The highest BCUT2D eigenvalue weighted by molar-refractivity contribution is 7.89. The van der Waals surface area contributed by atoms with E-state index in [0.717, 1.165) is 0 Å². The van der Waals surface area contributed by atoms with Crippen LogP contribution in [0.3, 0.4) is 0 Å². The van der Waals surface area contributed by atoms with Gasteiger partial charge in [-0.1, -0.05) is 19.1 Å². The highest BCUT2D eigenvalue weighted by atomic mass is 32.2. The molecular weight excluding hydrogens is 284 g/mol. The number of H-pyrrole nitrogens is 1. The first-order valence-electron chi connectivity index (χ1n) is 6.07. The maximum atomic E-state index is 12.4. The lowest BCUT2D eigenvalue weighted by molar-refractivity contribution is 0.243. The van der Waals surface area contributed by atoms with Crippen LogP contribution in [0.4, 0.5) is 0 Å². The van der Waals surface area contributed by atoms with E-state index in [4.69, 9.17) is 18.0 Å². The van der Waals surface area contributed by atoms with Gasteiger partial charge >= 0.3 is 0 Å². The van der Waals surface area contributed by atoms with Gasteiger partial charge in [0.2, 0.25) is 0 Å². The highest BCUT2D eigenvalue weighted by Gasteiger charge is 2.37. The van der Waals surface area contributed by atoms with Crippen molar-refractivity contribution in [2.45, 2.75) is 31.7 Å². The number of aromatic nitrogens is 2. The van der Waals surface area contributed by atoms with Gasteiger partial charge in [-0.15, -0.1) is 0 Å². The Balaban J connectivity index is 2.16. The Hall–Kier alpha value is -0.990. The summed E-state index contributed by atoms with van der Waals surface area (Å²) in [6.45, 7) is 4.56. The number of sulfonamides is 1. The smallest absolute Gasteiger partial charge is 0.260 e. The average molecular weight is 302 g/mol. The number of aryl methyl sites for hydroxylation is 1. The molecule has 0 amide bonds.